The van der Waals surface area contributed by atoms with Gasteiger partial charge in [0.25, 0.3) is 0 Å². The van der Waals surface area contributed by atoms with E-state index in [9.17, 15) is 14.0 Å². The van der Waals surface area contributed by atoms with Crippen LogP contribution in [0.1, 0.15) is 38.5 Å². The summed E-state index contributed by atoms with van der Waals surface area (Å²) in [4.78, 5) is 25.3. The molecule has 0 amide bonds. The molecule has 2 aromatic rings. The van der Waals surface area contributed by atoms with E-state index in [2.05, 4.69) is 5.10 Å². The van der Waals surface area contributed by atoms with Crippen molar-refractivity contribution in [2.75, 3.05) is 0 Å². The Morgan fingerprint density at radius 3 is 2.27 bits per heavy atom. The SMILES string of the molecule is O=C(Cn1nc(-c2ccc(F)cc2)oc1=O)C12CC3CC(CC(C3)C1)C2. The fourth-order valence-corrected chi connectivity index (χ4v) is 5.87. The molecule has 0 atom stereocenters. The Labute approximate surface area is 150 Å². The van der Waals surface area contributed by atoms with Gasteiger partial charge >= 0.3 is 5.76 Å². The van der Waals surface area contributed by atoms with Gasteiger partial charge in [0.05, 0.1) is 0 Å². The van der Waals surface area contributed by atoms with E-state index in [0.29, 0.717) is 23.3 Å². The first-order chi connectivity index (χ1) is 12.5. The van der Waals surface area contributed by atoms with E-state index in [1.54, 1.807) is 0 Å². The van der Waals surface area contributed by atoms with Crippen LogP contribution in [0.5, 0.6) is 0 Å². The van der Waals surface area contributed by atoms with Gasteiger partial charge in [0, 0.05) is 11.0 Å². The second kappa shape index (κ2) is 5.63. The Balaban J connectivity index is 1.39. The molecule has 4 fully saturated rings. The Bertz CT molecular complexity index is 877. The van der Waals surface area contributed by atoms with Crippen LogP contribution in [0.4, 0.5) is 4.39 Å². The molecule has 0 aliphatic heterocycles. The molecule has 6 heteroatoms. The van der Waals surface area contributed by atoms with Gasteiger partial charge in [-0.15, -0.1) is 5.10 Å². The quantitative estimate of drug-likeness (QED) is 0.842. The second-order valence-electron chi connectivity index (χ2n) is 8.46. The van der Waals surface area contributed by atoms with Crippen molar-refractivity contribution in [2.45, 2.75) is 45.1 Å². The second-order valence-corrected chi connectivity index (χ2v) is 8.46. The topological polar surface area (TPSA) is 65.1 Å². The number of rotatable bonds is 4. The third-order valence-corrected chi connectivity index (χ3v) is 6.62. The lowest BCUT2D eigenvalue weighted by atomic mass is 9.48. The summed E-state index contributed by atoms with van der Waals surface area (Å²) in [5.41, 5.74) is 0.257. The molecule has 0 spiro atoms. The highest BCUT2D eigenvalue weighted by Gasteiger charge is 2.54. The van der Waals surface area contributed by atoms with Crippen molar-refractivity contribution in [1.82, 2.24) is 9.78 Å². The third-order valence-electron chi connectivity index (χ3n) is 6.62. The zero-order valence-corrected chi connectivity index (χ0v) is 14.5. The zero-order chi connectivity index (χ0) is 17.9. The summed E-state index contributed by atoms with van der Waals surface area (Å²) in [6, 6.07) is 5.58. The normalized spacial score (nSPS) is 32.1. The molecule has 26 heavy (non-hydrogen) atoms. The van der Waals surface area contributed by atoms with E-state index in [4.69, 9.17) is 4.42 Å². The minimum atomic E-state index is -0.637. The van der Waals surface area contributed by atoms with Crippen LogP contribution < -0.4 is 5.76 Å². The summed E-state index contributed by atoms with van der Waals surface area (Å²) in [5.74, 6) is 1.26. The molecule has 5 nitrogen and oxygen atoms in total. The largest absolute Gasteiger partial charge is 0.437 e. The van der Waals surface area contributed by atoms with Crippen molar-refractivity contribution in [2.24, 2.45) is 23.2 Å². The lowest BCUT2D eigenvalue weighted by Crippen LogP contribution is -2.51. The van der Waals surface area contributed by atoms with Crippen LogP contribution in [-0.2, 0) is 11.3 Å². The van der Waals surface area contributed by atoms with Crippen LogP contribution in [-0.4, -0.2) is 15.6 Å². The molecule has 0 unspecified atom stereocenters. The number of carbonyl (C=O) groups excluding carboxylic acids is 1. The van der Waals surface area contributed by atoms with E-state index >= 15 is 0 Å². The first kappa shape index (κ1) is 16.0. The van der Waals surface area contributed by atoms with Crippen molar-refractivity contribution in [1.29, 1.82) is 0 Å². The first-order valence-electron chi connectivity index (χ1n) is 9.38. The molecule has 6 rings (SSSR count). The molecule has 4 aliphatic rings. The van der Waals surface area contributed by atoms with Crippen LogP contribution in [0.25, 0.3) is 11.5 Å². The molecule has 4 aliphatic carbocycles. The number of ketones is 1. The standard InChI is InChI=1S/C20H21FN2O3/c21-16-3-1-15(2-4-16)18-22-23(19(25)26-18)11-17(24)20-8-12-5-13(9-20)7-14(6-12)10-20/h1-4,12-14H,5-11H2. The van der Waals surface area contributed by atoms with E-state index < -0.39 is 5.76 Å². The zero-order valence-electron chi connectivity index (χ0n) is 14.5. The lowest BCUT2D eigenvalue weighted by Gasteiger charge is -2.55. The fraction of sp³-hybridized carbons (Fsp3) is 0.550. The maximum absolute atomic E-state index is 13.1. The Kier molecular flexibility index (Phi) is 3.46. The molecule has 136 valence electrons. The molecule has 1 aromatic heterocycles. The number of nitrogens with zero attached hydrogens (tertiary/aromatic N) is 2. The fourth-order valence-electron chi connectivity index (χ4n) is 5.87. The van der Waals surface area contributed by atoms with Gasteiger partial charge in [-0.1, -0.05) is 0 Å². The Morgan fingerprint density at radius 1 is 1.12 bits per heavy atom. The van der Waals surface area contributed by atoms with E-state index in [1.165, 1.54) is 43.5 Å². The molecule has 4 bridgehead atoms. The van der Waals surface area contributed by atoms with Gasteiger partial charge in [-0.2, -0.15) is 4.68 Å². The maximum Gasteiger partial charge on any atom is 0.437 e. The van der Waals surface area contributed by atoms with Crippen molar-refractivity contribution in [3.8, 4) is 11.5 Å². The van der Waals surface area contributed by atoms with E-state index in [1.807, 2.05) is 0 Å². The molecule has 0 N–H and O–H groups in total. The van der Waals surface area contributed by atoms with Crippen LogP contribution in [0.15, 0.2) is 33.5 Å². The van der Waals surface area contributed by atoms with Gasteiger partial charge in [-0.25, -0.2) is 9.18 Å². The summed E-state index contributed by atoms with van der Waals surface area (Å²) >= 11 is 0. The van der Waals surface area contributed by atoms with Gasteiger partial charge in [0.2, 0.25) is 5.89 Å². The number of carbonyl (C=O) groups is 1. The summed E-state index contributed by atoms with van der Waals surface area (Å²) in [5, 5.41) is 4.17. The number of hydrogen-bond acceptors (Lipinski definition) is 4. The van der Waals surface area contributed by atoms with E-state index in [0.717, 1.165) is 23.9 Å². The lowest BCUT2D eigenvalue weighted by molar-refractivity contribution is -0.144. The van der Waals surface area contributed by atoms with Crippen LogP contribution in [0, 0.1) is 29.0 Å². The molecular weight excluding hydrogens is 335 g/mol. The maximum atomic E-state index is 13.1. The number of halogens is 1. The Morgan fingerprint density at radius 2 is 1.69 bits per heavy atom. The number of hydrogen-bond donors (Lipinski definition) is 0. The minimum Gasteiger partial charge on any atom is -0.388 e. The van der Waals surface area contributed by atoms with Gasteiger partial charge in [-0.3, -0.25) is 4.79 Å². The van der Waals surface area contributed by atoms with Crippen molar-refractivity contribution >= 4 is 5.78 Å². The number of Topliss-reactive ketones (excluding diaryl/α,β-unsaturated/α-hetero) is 1. The number of aromatic nitrogens is 2. The molecule has 0 radical (unpaired) electrons. The average molecular weight is 356 g/mol. The molecular formula is C20H21FN2O3. The third kappa shape index (κ3) is 2.54. The summed E-state index contributed by atoms with van der Waals surface area (Å²) in [7, 11) is 0. The summed E-state index contributed by atoms with van der Waals surface area (Å²) in [6.45, 7) is -0.0321. The highest BCUT2D eigenvalue weighted by Crippen LogP contribution is 2.60. The average Bonchev–Trinajstić information content (AvgIpc) is 2.95. The first-order valence-corrected chi connectivity index (χ1v) is 9.38. The smallest absolute Gasteiger partial charge is 0.388 e. The van der Waals surface area contributed by atoms with Gasteiger partial charge < -0.3 is 4.42 Å². The predicted molar refractivity (Wildman–Crippen MR) is 91.8 cm³/mol. The monoisotopic (exact) mass is 356 g/mol. The highest BCUT2D eigenvalue weighted by molar-refractivity contribution is 5.85. The predicted octanol–water partition coefficient (Wildman–Crippen LogP) is 3.43. The molecule has 1 heterocycles. The van der Waals surface area contributed by atoms with Gasteiger partial charge in [0.1, 0.15) is 12.4 Å². The Hall–Kier alpha value is -2.24. The van der Waals surface area contributed by atoms with Crippen molar-refractivity contribution < 1.29 is 13.6 Å². The van der Waals surface area contributed by atoms with Crippen molar-refractivity contribution in [3.05, 3.63) is 40.6 Å². The molecule has 0 saturated heterocycles. The molecule has 1 aromatic carbocycles. The summed E-state index contributed by atoms with van der Waals surface area (Å²) < 4.78 is 19.4. The number of benzene rings is 1. The van der Waals surface area contributed by atoms with Gasteiger partial charge in [-0.05, 0) is 80.5 Å². The summed E-state index contributed by atoms with van der Waals surface area (Å²) in [6.07, 6.45) is 6.71. The molecule has 4 saturated carbocycles. The van der Waals surface area contributed by atoms with Crippen LogP contribution >= 0.6 is 0 Å². The minimum absolute atomic E-state index is 0.0321. The van der Waals surface area contributed by atoms with Gasteiger partial charge in [0.15, 0.2) is 5.78 Å². The van der Waals surface area contributed by atoms with E-state index in [-0.39, 0.29) is 29.5 Å². The van der Waals surface area contributed by atoms with Crippen LogP contribution in [0.3, 0.4) is 0 Å². The highest BCUT2D eigenvalue weighted by atomic mass is 19.1. The van der Waals surface area contributed by atoms with Crippen molar-refractivity contribution in [3.63, 3.8) is 0 Å². The van der Waals surface area contributed by atoms with Crippen LogP contribution in [0.2, 0.25) is 0 Å².